The maximum Gasteiger partial charge on any atom is 0.262 e. The van der Waals surface area contributed by atoms with Gasteiger partial charge in [-0.1, -0.05) is 25.1 Å². The molecular formula is C26H26N2O4. The Morgan fingerprint density at radius 3 is 2.12 bits per heavy atom. The van der Waals surface area contributed by atoms with Crippen LogP contribution in [0.1, 0.15) is 59.5 Å². The van der Waals surface area contributed by atoms with Crippen LogP contribution >= 0.6 is 0 Å². The molecule has 6 nitrogen and oxygen atoms in total. The summed E-state index contributed by atoms with van der Waals surface area (Å²) in [6.45, 7) is 6.85. The van der Waals surface area contributed by atoms with Gasteiger partial charge in [0.1, 0.15) is 0 Å². The number of aromatic nitrogens is 1. The van der Waals surface area contributed by atoms with E-state index in [-0.39, 0.29) is 11.8 Å². The molecule has 0 radical (unpaired) electrons. The van der Waals surface area contributed by atoms with Crippen molar-refractivity contribution in [2.75, 3.05) is 13.2 Å². The topological polar surface area (TPSA) is 68.7 Å². The van der Waals surface area contributed by atoms with Crippen molar-refractivity contribution in [3.63, 3.8) is 0 Å². The smallest absolute Gasteiger partial charge is 0.262 e. The van der Waals surface area contributed by atoms with Crippen molar-refractivity contribution in [2.45, 2.75) is 33.2 Å². The monoisotopic (exact) mass is 430 g/mol. The Balaban J connectivity index is 1.78. The molecule has 4 rings (SSSR count). The quantitative estimate of drug-likeness (QED) is 0.454. The van der Waals surface area contributed by atoms with Gasteiger partial charge in [0.05, 0.1) is 36.1 Å². The van der Waals surface area contributed by atoms with Gasteiger partial charge in [-0.3, -0.25) is 19.5 Å². The van der Waals surface area contributed by atoms with Crippen LogP contribution in [0.4, 0.5) is 0 Å². The zero-order valence-electron chi connectivity index (χ0n) is 18.5. The summed E-state index contributed by atoms with van der Waals surface area (Å²) in [4.78, 5) is 32.2. The first-order valence-electron chi connectivity index (χ1n) is 10.9. The van der Waals surface area contributed by atoms with Gasteiger partial charge in [0.15, 0.2) is 11.5 Å². The average molecular weight is 431 g/mol. The minimum atomic E-state index is -0.437. The number of amides is 2. The van der Waals surface area contributed by atoms with Crippen molar-refractivity contribution in [1.29, 1.82) is 0 Å². The maximum absolute atomic E-state index is 13.1. The van der Waals surface area contributed by atoms with Gasteiger partial charge in [0.2, 0.25) is 0 Å². The fraction of sp³-hybridized carbons (Fsp3) is 0.269. The van der Waals surface area contributed by atoms with E-state index >= 15 is 0 Å². The van der Waals surface area contributed by atoms with Crippen LogP contribution in [0, 0.1) is 0 Å². The molecule has 164 valence electrons. The first-order valence-corrected chi connectivity index (χ1v) is 10.9. The Labute approximate surface area is 187 Å². The Morgan fingerprint density at radius 2 is 1.50 bits per heavy atom. The summed E-state index contributed by atoms with van der Waals surface area (Å²) < 4.78 is 11.5. The number of pyridine rings is 1. The minimum Gasteiger partial charge on any atom is -0.490 e. The van der Waals surface area contributed by atoms with E-state index in [1.165, 1.54) is 4.90 Å². The van der Waals surface area contributed by atoms with Crippen LogP contribution in [0.2, 0.25) is 0 Å². The number of carbonyl (C=O) groups excluding carboxylic acids is 2. The van der Waals surface area contributed by atoms with Crippen LogP contribution in [0.5, 0.6) is 11.5 Å². The number of ether oxygens (including phenoxy) is 2. The number of rotatable bonds is 8. The molecule has 0 saturated carbocycles. The normalized spacial score (nSPS) is 13.8. The molecule has 0 fully saturated rings. The Kier molecular flexibility index (Phi) is 6.21. The molecule has 0 N–H and O–H groups in total. The van der Waals surface area contributed by atoms with Crippen LogP contribution in [-0.4, -0.2) is 34.9 Å². The molecule has 2 heterocycles. The molecule has 0 bridgehead atoms. The van der Waals surface area contributed by atoms with E-state index in [9.17, 15) is 9.59 Å². The van der Waals surface area contributed by atoms with E-state index in [1.54, 1.807) is 30.5 Å². The van der Waals surface area contributed by atoms with E-state index in [0.717, 1.165) is 11.1 Å². The van der Waals surface area contributed by atoms with Crippen molar-refractivity contribution in [2.24, 2.45) is 0 Å². The lowest BCUT2D eigenvalue weighted by Gasteiger charge is -2.27. The lowest BCUT2D eigenvalue weighted by molar-refractivity contribution is 0.0578. The van der Waals surface area contributed by atoms with Gasteiger partial charge in [-0.15, -0.1) is 0 Å². The predicted molar refractivity (Wildman–Crippen MR) is 122 cm³/mol. The third-order valence-electron chi connectivity index (χ3n) is 5.54. The molecule has 0 unspecified atom stereocenters. The van der Waals surface area contributed by atoms with E-state index in [4.69, 9.17) is 9.47 Å². The number of hydrogen-bond donors (Lipinski definition) is 0. The first kappa shape index (κ1) is 21.6. The molecule has 1 aromatic heterocycles. The number of nitrogens with zero attached hydrogens (tertiary/aromatic N) is 2. The average Bonchev–Trinajstić information content (AvgIpc) is 3.07. The SMILES string of the molecule is CCOc1ccc(-c2ncccc2[C@@H](CC)N2C(=O)c3ccccc3C2=O)cc1OCC. The van der Waals surface area contributed by atoms with Gasteiger partial charge in [0, 0.05) is 17.3 Å². The van der Waals surface area contributed by atoms with Crippen molar-refractivity contribution >= 4 is 11.8 Å². The second kappa shape index (κ2) is 9.22. The minimum absolute atomic E-state index is 0.269. The maximum atomic E-state index is 13.1. The van der Waals surface area contributed by atoms with E-state index < -0.39 is 6.04 Å². The summed E-state index contributed by atoms with van der Waals surface area (Å²) in [5, 5.41) is 0. The van der Waals surface area contributed by atoms with Crippen molar-refractivity contribution in [1.82, 2.24) is 9.88 Å². The summed E-state index contributed by atoms with van der Waals surface area (Å²) in [5.41, 5.74) is 3.25. The van der Waals surface area contributed by atoms with Gasteiger partial charge < -0.3 is 9.47 Å². The van der Waals surface area contributed by atoms with Gasteiger partial charge in [-0.25, -0.2) is 0 Å². The molecule has 32 heavy (non-hydrogen) atoms. The zero-order valence-corrected chi connectivity index (χ0v) is 18.5. The standard InChI is InChI=1S/C26H26N2O4/c1-4-21(28-25(29)18-10-7-8-11-19(18)26(28)30)20-12-9-15-27-24(20)17-13-14-22(31-5-2)23(16-17)32-6-3/h7-16,21H,4-6H2,1-3H3/t21-/m1/s1. The van der Waals surface area contributed by atoms with Crippen LogP contribution in [-0.2, 0) is 0 Å². The number of carbonyl (C=O) groups is 2. The lowest BCUT2D eigenvalue weighted by Crippen LogP contribution is -2.34. The highest BCUT2D eigenvalue weighted by Crippen LogP contribution is 2.39. The molecular weight excluding hydrogens is 404 g/mol. The molecule has 1 atom stereocenters. The van der Waals surface area contributed by atoms with Gasteiger partial charge >= 0.3 is 0 Å². The third-order valence-corrected chi connectivity index (χ3v) is 5.54. The second-order valence-electron chi connectivity index (χ2n) is 7.42. The number of imide groups is 1. The van der Waals surface area contributed by atoms with Crippen LogP contribution < -0.4 is 9.47 Å². The summed E-state index contributed by atoms with van der Waals surface area (Å²) >= 11 is 0. The summed E-state index contributed by atoms with van der Waals surface area (Å²) in [5.74, 6) is 0.767. The third kappa shape index (κ3) is 3.73. The molecule has 2 aromatic carbocycles. The first-order chi connectivity index (χ1) is 15.6. The highest BCUT2D eigenvalue weighted by molar-refractivity contribution is 6.21. The highest BCUT2D eigenvalue weighted by atomic mass is 16.5. The van der Waals surface area contributed by atoms with Gasteiger partial charge in [-0.05, 0) is 56.7 Å². The van der Waals surface area contributed by atoms with Crippen LogP contribution in [0.25, 0.3) is 11.3 Å². The predicted octanol–water partition coefficient (Wildman–Crippen LogP) is 5.29. The molecule has 1 aliphatic heterocycles. The molecule has 0 saturated heterocycles. The molecule has 6 heteroatoms. The van der Waals surface area contributed by atoms with E-state index in [0.29, 0.717) is 48.0 Å². The second-order valence-corrected chi connectivity index (χ2v) is 7.42. The molecule has 0 spiro atoms. The Morgan fingerprint density at radius 1 is 0.844 bits per heavy atom. The lowest BCUT2D eigenvalue weighted by atomic mass is 9.96. The van der Waals surface area contributed by atoms with Gasteiger partial charge in [0.25, 0.3) is 11.8 Å². The van der Waals surface area contributed by atoms with E-state index in [2.05, 4.69) is 4.98 Å². The number of benzene rings is 2. The summed E-state index contributed by atoms with van der Waals surface area (Å²) in [6, 6.07) is 16.0. The summed E-state index contributed by atoms with van der Waals surface area (Å²) in [6.07, 6.45) is 2.28. The van der Waals surface area contributed by atoms with Crippen LogP contribution in [0.3, 0.4) is 0 Å². The molecule has 3 aromatic rings. The van der Waals surface area contributed by atoms with Crippen LogP contribution in [0.15, 0.2) is 60.8 Å². The fourth-order valence-electron chi connectivity index (χ4n) is 4.16. The Hall–Kier alpha value is -3.67. The van der Waals surface area contributed by atoms with Gasteiger partial charge in [-0.2, -0.15) is 0 Å². The number of fused-ring (bicyclic) bond motifs is 1. The van der Waals surface area contributed by atoms with Crippen molar-refractivity contribution < 1.29 is 19.1 Å². The summed E-state index contributed by atoms with van der Waals surface area (Å²) in [7, 11) is 0. The molecule has 0 aliphatic carbocycles. The highest BCUT2D eigenvalue weighted by Gasteiger charge is 2.40. The Bertz CT molecular complexity index is 1120. The van der Waals surface area contributed by atoms with Crippen molar-refractivity contribution in [3.8, 4) is 22.8 Å². The molecule has 2 amide bonds. The molecule has 1 aliphatic rings. The van der Waals surface area contributed by atoms with Crippen molar-refractivity contribution in [3.05, 3.63) is 77.5 Å². The van der Waals surface area contributed by atoms with E-state index in [1.807, 2.05) is 51.1 Å². The zero-order chi connectivity index (χ0) is 22.7. The fourth-order valence-corrected chi connectivity index (χ4v) is 4.16. The largest absolute Gasteiger partial charge is 0.490 e. The number of hydrogen-bond acceptors (Lipinski definition) is 5.